The quantitative estimate of drug-likeness (QED) is 0.209. The lowest BCUT2D eigenvalue weighted by Crippen LogP contribution is -2.62. The monoisotopic (exact) mass is 665 g/mol. The van der Waals surface area contributed by atoms with E-state index in [2.05, 4.69) is 34.4 Å². The maximum Gasteiger partial charge on any atom is 0.246 e. The van der Waals surface area contributed by atoms with Crippen molar-refractivity contribution in [3.05, 3.63) is 101 Å². The summed E-state index contributed by atoms with van der Waals surface area (Å²) in [6, 6.07) is 22.6. The van der Waals surface area contributed by atoms with Gasteiger partial charge in [0.15, 0.2) is 5.01 Å². The van der Waals surface area contributed by atoms with Gasteiger partial charge in [0.05, 0.1) is 12.6 Å². The molecule has 2 saturated heterocycles. The Morgan fingerprint density at radius 2 is 1.79 bits per heavy atom. The van der Waals surface area contributed by atoms with Crippen molar-refractivity contribution in [3.8, 4) is 0 Å². The number of nitrogens with one attached hydrogen (secondary N) is 1. The van der Waals surface area contributed by atoms with Gasteiger partial charge >= 0.3 is 0 Å². The van der Waals surface area contributed by atoms with Gasteiger partial charge in [0.2, 0.25) is 23.5 Å². The van der Waals surface area contributed by atoms with E-state index in [-0.39, 0.29) is 43.0 Å². The number of hydrogen-bond donors (Lipinski definition) is 1. The van der Waals surface area contributed by atoms with Crippen molar-refractivity contribution in [2.24, 2.45) is 5.92 Å². The Hall–Kier alpha value is -4.41. The number of piperazine rings is 1. The average molecular weight is 666 g/mol. The molecule has 2 aliphatic rings. The summed E-state index contributed by atoms with van der Waals surface area (Å²) >= 11 is 1.26. The summed E-state index contributed by atoms with van der Waals surface area (Å²) < 4.78 is 0. The number of rotatable bonds is 13. The molecule has 9 nitrogen and oxygen atoms in total. The number of thiazole rings is 1. The molecule has 0 aliphatic carbocycles. The topological polar surface area (TPSA) is 103 Å². The highest BCUT2D eigenvalue weighted by Crippen LogP contribution is 2.24. The number of piperidine rings is 1. The molecule has 250 valence electrons. The van der Waals surface area contributed by atoms with E-state index in [1.807, 2.05) is 60.7 Å². The van der Waals surface area contributed by atoms with Crippen molar-refractivity contribution in [1.29, 1.82) is 0 Å². The lowest BCUT2D eigenvalue weighted by molar-refractivity contribution is -0.157. The summed E-state index contributed by atoms with van der Waals surface area (Å²) in [6.45, 7) is 1.94. The maximum absolute atomic E-state index is 14.1. The van der Waals surface area contributed by atoms with Gasteiger partial charge < -0.3 is 20.0 Å². The first kappa shape index (κ1) is 33.5. The van der Waals surface area contributed by atoms with Gasteiger partial charge in [-0.15, -0.1) is 11.3 Å². The summed E-state index contributed by atoms with van der Waals surface area (Å²) in [4.78, 5) is 64.6. The lowest BCUT2D eigenvalue weighted by atomic mass is 9.90. The Morgan fingerprint density at radius 1 is 1.00 bits per heavy atom. The minimum absolute atomic E-state index is 0.0784. The molecule has 0 radical (unpaired) electrons. The Kier molecular flexibility index (Phi) is 10.9. The summed E-state index contributed by atoms with van der Waals surface area (Å²) in [6.07, 6.45) is 5.91. The van der Waals surface area contributed by atoms with E-state index in [1.54, 1.807) is 16.5 Å². The Morgan fingerprint density at radius 3 is 2.56 bits per heavy atom. The van der Waals surface area contributed by atoms with E-state index >= 15 is 0 Å². The van der Waals surface area contributed by atoms with E-state index in [0.29, 0.717) is 18.0 Å². The fourth-order valence-electron chi connectivity index (χ4n) is 7.06. The number of aryl methyl sites for hydroxylation is 1. The molecule has 6 rings (SSSR count). The zero-order chi connectivity index (χ0) is 33.5. The summed E-state index contributed by atoms with van der Waals surface area (Å²) in [5.74, 6) is -0.848. The molecule has 0 spiro atoms. The second-order valence-corrected chi connectivity index (χ2v) is 14.0. The van der Waals surface area contributed by atoms with Crippen LogP contribution in [0.5, 0.6) is 0 Å². The molecular formula is C38H43N5O4S. The molecule has 1 N–H and O–H groups in total. The summed E-state index contributed by atoms with van der Waals surface area (Å²) in [5.41, 5.74) is 2.09. The molecule has 3 amide bonds. The van der Waals surface area contributed by atoms with Crippen LogP contribution in [0, 0.1) is 5.92 Å². The number of fused-ring (bicyclic) bond motifs is 1. The number of carbonyl (C=O) groups is 4. The van der Waals surface area contributed by atoms with Crippen LogP contribution in [0.3, 0.4) is 0 Å². The predicted octanol–water partition coefficient (Wildman–Crippen LogP) is 4.61. The number of aromatic nitrogens is 1. The molecule has 10 heteroatoms. The molecule has 2 aliphatic heterocycles. The highest BCUT2D eigenvalue weighted by atomic mass is 32.1. The van der Waals surface area contributed by atoms with Crippen LogP contribution in [0.2, 0.25) is 0 Å². The average Bonchev–Trinajstić information content (AvgIpc) is 3.64. The van der Waals surface area contributed by atoms with Gasteiger partial charge in [-0.25, -0.2) is 4.98 Å². The number of nitrogens with zero attached hydrogens (tertiary/aromatic N) is 4. The van der Waals surface area contributed by atoms with Gasteiger partial charge in [-0.1, -0.05) is 72.8 Å². The van der Waals surface area contributed by atoms with Crippen LogP contribution in [0.4, 0.5) is 0 Å². The molecule has 1 unspecified atom stereocenters. The Labute approximate surface area is 285 Å². The highest BCUT2D eigenvalue weighted by Gasteiger charge is 2.40. The van der Waals surface area contributed by atoms with E-state index in [9.17, 15) is 19.2 Å². The number of benzene rings is 3. The van der Waals surface area contributed by atoms with E-state index in [0.717, 1.165) is 55.1 Å². The minimum atomic E-state index is -0.838. The molecule has 4 aromatic rings. The van der Waals surface area contributed by atoms with Gasteiger partial charge in [-0.2, -0.15) is 0 Å². The number of amides is 3. The van der Waals surface area contributed by atoms with E-state index in [1.165, 1.54) is 21.8 Å². The van der Waals surface area contributed by atoms with Crippen molar-refractivity contribution in [1.82, 2.24) is 25.0 Å². The van der Waals surface area contributed by atoms with Crippen molar-refractivity contribution in [3.63, 3.8) is 0 Å². The normalized spacial score (nSPS) is 19.4. The van der Waals surface area contributed by atoms with E-state index < -0.39 is 18.0 Å². The van der Waals surface area contributed by atoms with Crippen LogP contribution < -0.4 is 5.32 Å². The number of Topliss-reactive ketones (excluding diaryl/α,β-unsaturated/α-hetero) is 1. The smallest absolute Gasteiger partial charge is 0.246 e. The molecule has 3 atom stereocenters. The molecule has 0 saturated carbocycles. The van der Waals surface area contributed by atoms with Crippen LogP contribution in [-0.2, 0) is 27.2 Å². The molecule has 3 aromatic carbocycles. The lowest BCUT2D eigenvalue weighted by Gasteiger charge is -2.40. The van der Waals surface area contributed by atoms with Crippen molar-refractivity contribution >= 4 is 45.6 Å². The zero-order valence-electron chi connectivity index (χ0n) is 27.4. The molecular weight excluding hydrogens is 623 g/mol. The van der Waals surface area contributed by atoms with Crippen LogP contribution >= 0.6 is 11.3 Å². The molecule has 0 bridgehead atoms. The van der Waals surface area contributed by atoms with Crippen molar-refractivity contribution < 1.29 is 19.2 Å². The molecule has 3 heterocycles. The van der Waals surface area contributed by atoms with Gasteiger partial charge in [0.1, 0.15) is 12.6 Å². The van der Waals surface area contributed by atoms with Crippen LogP contribution in [0.1, 0.15) is 46.6 Å². The highest BCUT2D eigenvalue weighted by molar-refractivity contribution is 7.11. The molecule has 48 heavy (non-hydrogen) atoms. The first-order valence-electron chi connectivity index (χ1n) is 16.9. The van der Waals surface area contributed by atoms with Crippen molar-refractivity contribution in [2.75, 3.05) is 39.8 Å². The second kappa shape index (κ2) is 15.7. The maximum atomic E-state index is 14.1. The number of likely N-dealkylation sites (tertiary alicyclic amines) is 1. The standard InChI is InChI=1S/C38H43N5O4S/c1-41-18-7-12-29(24-41)22-32(36(46)37-39-17-20-48-37)40-34(44)25-43-33(23-28-15-16-30-13-5-6-14-31(30)21-28)38(47)42(26-35(43)45)19-8-11-27-9-3-2-4-10-27/h2-6,9-10,13-17,20-21,29,32-33H,7-8,11-12,18-19,22-26H2,1H3,(H,40,44)/t29?,32-,33-/m0/s1. The Balaban J connectivity index is 1.19. The summed E-state index contributed by atoms with van der Waals surface area (Å²) in [5, 5.41) is 7.21. The van der Waals surface area contributed by atoms with Crippen LogP contribution in [0.15, 0.2) is 84.4 Å². The fourth-order valence-corrected chi connectivity index (χ4v) is 7.69. The van der Waals surface area contributed by atoms with E-state index in [4.69, 9.17) is 0 Å². The number of carbonyl (C=O) groups excluding carboxylic acids is 4. The zero-order valence-corrected chi connectivity index (χ0v) is 28.2. The SMILES string of the molecule is CN1CCCC(C[C@H](NC(=O)CN2C(=O)CN(CCCc3ccccc3)C(=O)[C@@H]2Cc2ccc3ccccc3c2)C(=O)c2nccs2)C1. The molecule has 2 fully saturated rings. The van der Waals surface area contributed by atoms with Crippen molar-refractivity contribution in [2.45, 2.75) is 50.6 Å². The second-order valence-electron chi connectivity index (χ2n) is 13.1. The number of hydrogen-bond acceptors (Lipinski definition) is 7. The van der Waals surface area contributed by atoms with Gasteiger partial charge in [-0.3, -0.25) is 19.2 Å². The third kappa shape index (κ3) is 8.35. The fraction of sp³-hybridized carbons (Fsp3) is 0.395. The Bertz CT molecular complexity index is 1730. The molecule has 1 aromatic heterocycles. The summed E-state index contributed by atoms with van der Waals surface area (Å²) in [7, 11) is 2.07. The third-order valence-electron chi connectivity index (χ3n) is 9.50. The largest absolute Gasteiger partial charge is 0.344 e. The van der Waals surface area contributed by atoms with Crippen LogP contribution in [-0.4, -0.2) is 95.0 Å². The predicted molar refractivity (Wildman–Crippen MR) is 188 cm³/mol. The van der Waals surface area contributed by atoms with Gasteiger partial charge in [0.25, 0.3) is 0 Å². The van der Waals surface area contributed by atoms with Crippen LogP contribution in [0.25, 0.3) is 10.8 Å². The minimum Gasteiger partial charge on any atom is -0.344 e. The van der Waals surface area contributed by atoms with Gasteiger partial charge in [-0.05, 0) is 73.5 Å². The number of ketones is 1. The third-order valence-corrected chi connectivity index (χ3v) is 10.3. The first-order valence-corrected chi connectivity index (χ1v) is 17.7. The first-order chi connectivity index (χ1) is 23.3. The van der Waals surface area contributed by atoms with Gasteiger partial charge in [0, 0.05) is 31.1 Å².